The Kier molecular flexibility index (Phi) is 8.34. The Morgan fingerprint density at radius 2 is 1.97 bits per heavy atom. The third kappa shape index (κ3) is 5.73. The summed E-state index contributed by atoms with van der Waals surface area (Å²) in [4.78, 5) is 14.7. The lowest BCUT2D eigenvalue weighted by molar-refractivity contribution is -0.142. The Hall–Kier alpha value is -2.36. The molecule has 192 valence electrons. The van der Waals surface area contributed by atoms with E-state index in [1.54, 1.807) is 18.2 Å². The zero-order chi connectivity index (χ0) is 24.5. The van der Waals surface area contributed by atoms with Crippen LogP contribution in [0.5, 0.6) is 5.75 Å². The van der Waals surface area contributed by atoms with E-state index in [4.69, 9.17) is 15.2 Å². The number of rotatable bonds is 6. The second-order valence-corrected chi connectivity index (χ2v) is 9.07. The van der Waals surface area contributed by atoms with Gasteiger partial charge in [0.15, 0.2) is 0 Å². The van der Waals surface area contributed by atoms with Gasteiger partial charge in [-0.3, -0.25) is 9.69 Å². The van der Waals surface area contributed by atoms with Gasteiger partial charge in [0.25, 0.3) is 0 Å². The Balaban J connectivity index is 0.00000342. The number of alkyl halides is 3. The molecule has 5 nitrogen and oxygen atoms in total. The molecule has 1 amide bonds. The van der Waals surface area contributed by atoms with E-state index in [1.807, 2.05) is 11.8 Å². The monoisotopic (exact) mass is 516 g/mol. The van der Waals surface area contributed by atoms with Crippen molar-refractivity contribution >= 4 is 18.3 Å². The molecule has 2 heterocycles. The molecule has 2 fully saturated rings. The van der Waals surface area contributed by atoms with Crippen LogP contribution in [0.3, 0.4) is 0 Å². The maximum absolute atomic E-state index is 14.4. The highest BCUT2D eigenvalue weighted by atomic mass is 35.5. The molecule has 0 aliphatic carbocycles. The van der Waals surface area contributed by atoms with Crippen molar-refractivity contribution in [3.05, 3.63) is 65.5 Å². The average Bonchev–Trinajstić information content (AvgIpc) is 3.27. The SMILES string of the molecule is C[C@@H](c1ccccc1F)C1CC(C(N)=O)(N2CCC(Oc3cccc(C(F)(F)F)c3)C2)CCO1.Cl. The first-order valence-corrected chi connectivity index (χ1v) is 11.3. The summed E-state index contributed by atoms with van der Waals surface area (Å²) in [5.74, 6) is -0.973. The molecule has 2 aliphatic heterocycles. The minimum atomic E-state index is -4.46. The number of carbonyl (C=O) groups excluding carboxylic acids is 1. The fourth-order valence-electron chi connectivity index (χ4n) is 5.06. The molecule has 0 saturated carbocycles. The Morgan fingerprint density at radius 3 is 2.66 bits per heavy atom. The molecule has 0 spiro atoms. The molecule has 35 heavy (non-hydrogen) atoms. The van der Waals surface area contributed by atoms with Gasteiger partial charge in [-0.15, -0.1) is 12.4 Å². The number of ether oxygens (including phenoxy) is 2. The maximum Gasteiger partial charge on any atom is 0.416 e. The largest absolute Gasteiger partial charge is 0.489 e. The molecule has 0 radical (unpaired) electrons. The Morgan fingerprint density at radius 1 is 1.23 bits per heavy atom. The van der Waals surface area contributed by atoms with Gasteiger partial charge in [0.05, 0.1) is 11.7 Å². The lowest BCUT2D eigenvalue weighted by Gasteiger charge is -2.46. The van der Waals surface area contributed by atoms with E-state index in [0.717, 1.165) is 12.1 Å². The molecule has 0 aromatic heterocycles. The van der Waals surface area contributed by atoms with Gasteiger partial charge >= 0.3 is 6.18 Å². The Labute approximate surface area is 208 Å². The average molecular weight is 517 g/mol. The summed E-state index contributed by atoms with van der Waals surface area (Å²) in [6.07, 6.45) is -4.03. The van der Waals surface area contributed by atoms with Gasteiger partial charge in [-0.05, 0) is 42.7 Å². The predicted molar refractivity (Wildman–Crippen MR) is 125 cm³/mol. The number of primary amides is 1. The highest BCUT2D eigenvalue weighted by molar-refractivity contribution is 5.85. The standard InChI is InChI=1S/C25H28F4N2O3.ClH/c1-16(20-7-2-3-8-21(20)26)22-14-24(23(30)32,10-12-33-22)31-11-9-19(15-31)34-18-6-4-5-17(13-18)25(27,28)29;/h2-8,13,16,19,22H,9-12,14-15H2,1H3,(H2,30,32);1H/t16-,19?,22?,24?;/m0./s1. The van der Waals surface area contributed by atoms with Gasteiger partial charge in [0, 0.05) is 32.0 Å². The van der Waals surface area contributed by atoms with E-state index in [9.17, 15) is 22.4 Å². The van der Waals surface area contributed by atoms with Crippen molar-refractivity contribution in [2.75, 3.05) is 19.7 Å². The van der Waals surface area contributed by atoms with Crippen LogP contribution in [0, 0.1) is 5.82 Å². The van der Waals surface area contributed by atoms with Crippen LogP contribution in [0.25, 0.3) is 0 Å². The van der Waals surface area contributed by atoms with E-state index >= 15 is 0 Å². The van der Waals surface area contributed by atoms with Gasteiger partial charge in [0.2, 0.25) is 5.91 Å². The van der Waals surface area contributed by atoms with Crippen molar-refractivity contribution < 1.29 is 31.8 Å². The van der Waals surface area contributed by atoms with E-state index in [2.05, 4.69) is 0 Å². The number of nitrogens with two attached hydrogens (primary N) is 1. The number of hydrogen-bond acceptors (Lipinski definition) is 4. The number of benzene rings is 2. The third-order valence-electron chi connectivity index (χ3n) is 7.01. The summed E-state index contributed by atoms with van der Waals surface area (Å²) < 4.78 is 65.2. The zero-order valence-electron chi connectivity index (χ0n) is 19.3. The van der Waals surface area contributed by atoms with Crippen LogP contribution in [0.4, 0.5) is 17.6 Å². The Bertz CT molecular complexity index is 1040. The van der Waals surface area contributed by atoms with Crippen LogP contribution in [-0.4, -0.2) is 48.3 Å². The maximum atomic E-state index is 14.4. The van der Waals surface area contributed by atoms with Crippen molar-refractivity contribution in [3.8, 4) is 5.75 Å². The molecule has 4 atom stereocenters. The van der Waals surface area contributed by atoms with E-state index in [1.165, 1.54) is 18.2 Å². The molecular formula is C25H29ClF4N2O3. The van der Waals surface area contributed by atoms with Crippen LogP contribution in [-0.2, 0) is 15.7 Å². The molecule has 3 unspecified atom stereocenters. The fraction of sp³-hybridized carbons (Fsp3) is 0.480. The minimum absolute atomic E-state index is 0. The normalized spacial score (nSPS) is 26.1. The van der Waals surface area contributed by atoms with Gasteiger partial charge in [0.1, 0.15) is 23.2 Å². The van der Waals surface area contributed by atoms with Crippen LogP contribution in [0.2, 0.25) is 0 Å². The second-order valence-electron chi connectivity index (χ2n) is 9.07. The summed E-state index contributed by atoms with van der Waals surface area (Å²) in [5, 5.41) is 0. The summed E-state index contributed by atoms with van der Waals surface area (Å²) in [5.41, 5.74) is 4.65. The van der Waals surface area contributed by atoms with Crippen molar-refractivity contribution in [3.63, 3.8) is 0 Å². The van der Waals surface area contributed by atoms with Gasteiger partial charge in [-0.25, -0.2) is 4.39 Å². The molecule has 2 aromatic carbocycles. The number of hydrogen-bond donors (Lipinski definition) is 1. The molecule has 10 heteroatoms. The van der Waals surface area contributed by atoms with Gasteiger partial charge < -0.3 is 15.2 Å². The number of likely N-dealkylation sites (tertiary alicyclic amines) is 1. The van der Waals surface area contributed by atoms with Crippen molar-refractivity contribution in [2.45, 2.75) is 56.0 Å². The first-order valence-electron chi connectivity index (χ1n) is 11.3. The topological polar surface area (TPSA) is 64.8 Å². The molecule has 4 rings (SSSR count). The summed E-state index contributed by atoms with van der Waals surface area (Å²) in [6, 6.07) is 11.3. The van der Waals surface area contributed by atoms with E-state index in [0.29, 0.717) is 44.5 Å². The van der Waals surface area contributed by atoms with E-state index in [-0.39, 0.29) is 36.0 Å². The van der Waals surface area contributed by atoms with Gasteiger partial charge in [-0.2, -0.15) is 13.2 Å². The molecule has 2 aliphatic rings. The van der Waals surface area contributed by atoms with Crippen molar-refractivity contribution in [2.24, 2.45) is 5.73 Å². The number of halogens is 5. The smallest absolute Gasteiger partial charge is 0.416 e. The molecule has 0 bridgehead atoms. The highest BCUT2D eigenvalue weighted by Crippen LogP contribution is 2.39. The van der Waals surface area contributed by atoms with Crippen LogP contribution >= 0.6 is 12.4 Å². The molecular weight excluding hydrogens is 488 g/mol. The van der Waals surface area contributed by atoms with Crippen LogP contribution < -0.4 is 10.5 Å². The highest BCUT2D eigenvalue weighted by Gasteiger charge is 2.50. The quantitative estimate of drug-likeness (QED) is 0.553. The number of amides is 1. The number of carbonyl (C=O) groups is 1. The minimum Gasteiger partial charge on any atom is -0.489 e. The van der Waals surface area contributed by atoms with E-state index < -0.39 is 29.3 Å². The lowest BCUT2D eigenvalue weighted by atomic mass is 9.79. The molecule has 2 aromatic rings. The summed E-state index contributed by atoms with van der Waals surface area (Å²) >= 11 is 0. The third-order valence-corrected chi connectivity index (χ3v) is 7.01. The summed E-state index contributed by atoms with van der Waals surface area (Å²) in [6.45, 7) is 3.01. The first-order chi connectivity index (χ1) is 16.1. The first kappa shape index (κ1) is 27.2. The molecule has 2 saturated heterocycles. The fourth-order valence-corrected chi connectivity index (χ4v) is 5.06. The second kappa shape index (κ2) is 10.7. The predicted octanol–water partition coefficient (Wildman–Crippen LogP) is 4.93. The zero-order valence-corrected chi connectivity index (χ0v) is 20.1. The lowest BCUT2D eigenvalue weighted by Crippen LogP contribution is -2.61. The van der Waals surface area contributed by atoms with Crippen molar-refractivity contribution in [1.29, 1.82) is 0 Å². The molecule has 2 N–H and O–H groups in total. The van der Waals surface area contributed by atoms with Gasteiger partial charge in [-0.1, -0.05) is 31.2 Å². The van der Waals surface area contributed by atoms with Crippen molar-refractivity contribution in [1.82, 2.24) is 4.90 Å². The van der Waals surface area contributed by atoms with Crippen LogP contribution in [0.15, 0.2) is 48.5 Å². The number of nitrogens with zero attached hydrogens (tertiary/aromatic N) is 1. The van der Waals surface area contributed by atoms with Crippen LogP contribution in [0.1, 0.15) is 43.2 Å². The summed E-state index contributed by atoms with van der Waals surface area (Å²) in [7, 11) is 0.